The molecule has 0 aliphatic rings. The van der Waals surface area contributed by atoms with Gasteiger partial charge in [0.2, 0.25) is 0 Å². The highest BCUT2D eigenvalue weighted by Crippen LogP contribution is 2.23. The molecule has 0 fully saturated rings. The lowest BCUT2D eigenvalue weighted by Crippen LogP contribution is -2.14. The predicted octanol–water partition coefficient (Wildman–Crippen LogP) is 3.66. The molecule has 0 heterocycles. The quantitative estimate of drug-likeness (QED) is 0.863. The first-order chi connectivity index (χ1) is 6.63. The van der Waals surface area contributed by atoms with Crippen LogP contribution in [0.4, 0.5) is 5.69 Å². The highest BCUT2D eigenvalue weighted by molar-refractivity contribution is 14.1. The van der Waals surface area contributed by atoms with E-state index in [1.54, 1.807) is 0 Å². The zero-order chi connectivity index (χ0) is 10.6. The van der Waals surface area contributed by atoms with Gasteiger partial charge in [-0.1, -0.05) is 11.6 Å². The van der Waals surface area contributed by atoms with E-state index < -0.39 is 0 Å². The largest absolute Gasteiger partial charge is 0.381 e. The van der Waals surface area contributed by atoms with Crippen molar-refractivity contribution in [2.75, 3.05) is 5.32 Å². The van der Waals surface area contributed by atoms with Gasteiger partial charge in [0.25, 0.3) is 0 Å². The fourth-order valence-corrected chi connectivity index (χ4v) is 2.09. The molecule has 0 saturated carbocycles. The van der Waals surface area contributed by atoms with Crippen LogP contribution in [-0.4, -0.2) is 6.04 Å². The molecule has 0 spiro atoms. The van der Waals surface area contributed by atoms with Crippen LogP contribution in [0, 0.1) is 14.9 Å². The van der Waals surface area contributed by atoms with Gasteiger partial charge in [0.15, 0.2) is 0 Å². The number of nitrogens with one attached hydrogen (secondary N) is 1. The van der Waals surface area contributed by atoms with Crippen LogP contribution in [0.1, 0.15) is 13.3 Å². The van der Waals surface area contributed by atoms with Crippen molar-refractivity contribution >= 4 is 39.9 Å². The summed E-state index contributed by atoms with van der Waals surface area (Å²) in [6.07, 6.45) is 0.499. The Morgan fingerprint density at radius 3 is 2.93 bits per heavy atom. The van der Waals surface area contributed by atoms with E-state index >= 15 is 0 Å². The van der Waals surface area contributed by atoms with Crippen molar-refractivity contribution in [1.29, 1.82) is 5.26 Å². The maximum Gasteiger partial charge on any atom is 0.0643 e. The summed E-state index contributed by atoms with van der Waals surface area (Å²) < 4.78 is 1.07. The van der Waals surface area contributed by atoms with Crippen molar-refractivity contribution in [2.45, 2.75) is 19.4 Å². The third-order valence-electron chi connectivity index (χ3n) is 1.73. The van der Waals surface area contributed by atoms with Gasteiger partial charge in [-0.3, -0.25) is 0 Å². The Morgan fingerprint density at radius 1 is 1.64 bits per heavy atom. The molecule has 4 heteroatoms. The molecular formula is C10H10ClIN2. The van der Waals surface area contributed by atoms with E-state index in [4.69, 9.17) is 16.9 Å². The summed E-state index contributed by atoms with van der Waals surface area (Å²) in [5, 5.41) is 12.5. The lowest BCUT2D eigenvalue weighted by molar-refractivity contribution is 0.820. The number of rotatable bonds is 3. The normalized spacial score (nSPS) is 11.9. The van der Waals surface area contributed by atoms with Crippen molar-refractivity contribution in [3.63, 3.8) is 0 Å². The summed E-state index contributed by atoms with van der Waals surface area (Å²) in [6.45, 7) is 1.98. The van der Waals surface area contributed by atoms with Gasteiger partial charge >= 0.3 is 0 Å². The SMILES string of the molecule is CC(CC#N)Nc1ccc(Cl)cc1I. The number of benzene rings is 1. The molecule has 0 radical (unpaired) electrons. The van der Waals surface area contributed by atoms with E-state index in [2.05, 4.69) is 34.0 Å². The van der Waals surface area contributed by atoms with Crippen LogP contribution in [0.2, 0.25) is 5.02 Å². The van der Waals surface area contributed by atoms with Crippen LogP contribution in [-0.2, 0) is 0 Å². The third-order valence-corrected chi connectivity index (χ3v) is 2.86. The van der Waals surface area contributed by atoms with Gasteiger partial charge in [-0.2, -0.15) is 5.26 Å². The molecule has 1 atom stereocenters. The molecule has 1 N–H and O–H groups in total. The zero-order valence-electron chi connectivity index (χ0n) is 7.72. The number of hydrogen-bond acceptors (Lipinski definition) is 2. The van der Waals surface area contributed by atoms with Gasteiger partial charge in [0, 0.05) is 20.3 Å². The number of nitrogens with zero attached hydrogens (tertiary/aromatic N) is 1. The van der Waals surface area contributed by atoms with Crippen LogP contribution >= 0.6 is 34.2 Å². The maximum absolute atomic E-state index is 8.52. The zero-order valence-corrected chi connectivity index (χ0v) is 10.6. The lowest BCUT2D eigenvalue weighted by atomic mass is 10.2. The van der Waals surface area contributed by atoms with Crippen molar-refractivity contribution in [3.8, 4) is 6.07 Å². The van der Waals surface area contributed by atoms with E-state index in [1.165, 1.54) is 0 Å². The molecule has 0 aromatic heterocycles. The van der Waals surface area contributed by atoms with E-state index in [0.717, 1.165) is 14.3 Å². The number of hydrogen-bond donors (Lipinski definition) is 1. The predicted molar refractivity (Wildman–Crippen MR) is 67.5 cm³/mol. The minimum Gasteiger partial charge on any atom is -0.381 e. The Hall–Kier alpha value is -0.470. The molecule has 14 heavy (non-hydrogen) atoms. The second kappa shape index (κ2) is 5.42. The highest BCUT2D eigenvalue weighted by atomic mass is 127. The molecule has 74 valence electrons. The Morgan fingerprint density at radius 2 is 2.36 bits per heavy atom. The summed E-state index contributed by atoms with van der Waals surface area (Å²) >= 11 is 8.05. The molecule has 1 aromatic rings. The fourth-order valence-electron chi connectivity index (χ4n) is 1.06. The Kier molecular flexibility index (Phi) is 4.49. The average Bonchev–Trinajstić information content (AvgIpc) is 2.10. The first kappa shape index (κ1) is 11.6. The first-order valence-electron chi connectivity index (χ1n) is 4.22. The monoisotopic (exact) mass is 320 g/mol. The Labute approximate surface area is 102 Å². The fraction of sp³-hybridized carbons (Fsp3) is 0.300. The molecule has 0 amide bonds. The van der Waals surface area contributed by atoms with Crippen LogP contribution < -0.4 is 5.32 Å². The van der Waals surface area contributed by atoms with Gasteiger partial charge in [-0.25, -0.2) is 0 Å². The van der Waals surface area contributed by atoms with Gasteiger partial charge in [-0.05, 0) is 47.7 Å². The van der Waals surface area contributed by atoms with Gasteiger partial charge < -0.3 is 5.32 Å². The topological polar surface area (TPSA) is 35.8 Å². The van der Waals surface area contributed by atoms with E-state index in [9.17, 15) is 0 Å². The minimum atomic E-state index is 0.162. The molecule has 0 aliphatic carbocycles. The van der Waals surface area contributed by atoms with Crippen molar-refractivity contribution in [2.24, 2.45) is 0 Å². The Bertz CT molecular complexity index is 360. The number of nitriles is 1. The summed E-state index contributed by atoms with van der Waals surface area (Å²) in [6, 6.07) is 7.95. The first-order valence-corrected chi connectivity index (χ1v) is 5.67. The standard InChI is InChI=1S/C10H10ClIN2/c1-7(4-5-13)14-10-3-2-8(11)6-9(10)12/h2-3,6-7,14H,4H2,1H3. The maximum atomic E-state index is 8.52. The molecule has 0 saturated heterocycles. The second-order valence-corrected chi connectivity index (χ2v) is 4.63. The minimum absolute atomic E-state index is 0.162. The molecular weight excluding hydrogens is 310 g/mol. The van der Waals surface area contributed by atoms with Crippen LogP contribution in [0.3, 0.4) is 0 Å². The number of anilines is 1. The third kappa shape index (κ3) is 3.35. The molecule has 1 aromatic carbocycles. The van der Waals surface area contributed by atoms with Crippen molar-refractivity contribution < 1.29 is 0 Å². The van der Waals surface area contributed by atoms with E-state index in [1.807, 2.05) is 25.1 Å². The molecule has 2 nitrogen and oxygen atoms in total. The van der Waals surface area contributed by atoms with E-state index in [-0.39, 0.29) is 6.04 Å². The average molecular weight is 321 g/mol. The molecule has 1 unspecified atom stereocenters. The van der Waals surface area contributed by atoms with Crippen LogP contribution in [0.15, 0.2) is 18.2 Å². The summed E-state index contributed by atoms with van der Waals surface area (Å²) in [7, 11) is 0. The smallest absolute Gasteiger partial charge is 0.0643 e. The van der Waals surface area contributed by atoms with E-state index in [0.29, 0.717) is 6.42 Å². The summed E-state index contributed by atoms with van der Waals surface area (Å²) in [4.78, 5) is 0. The van der Waals surface area contributed by atoms with Crippen LogP contribution in [0.5, 0.6) is 0 Å². The molecule has 1 rings (SSSR count). The lowest BCUT2D eigenvalue weighted by Gasteiger charge is -2.13. The van der Waals surface area contributed by atoms with Gasteiger partial charge in [0.1, 0.15) is 0 Å². The van der Waals surface area contributed by atoms with Crippen molar-refractivity contribution in [1.82, 2.24) is 0 Å². The van der Waals surface area contributed by atoms with Crippen molar-refractivity contribution in [3.05, 3.63) is 26.8 Å². The summed E-state index contributed by atoms with van der Waals surface area (Å²) in [5.41, 5.74) is 1.03. The second-order valence-electron chi connectivity index (χ2n) is 3.03. The molecule has 0 bridgehead atoms. The van der Waals surface area contributed by atoms with Gasteiger partial charge in [-0.15, -0.1) is 0 Å². The summed E-state index contributed by atoms with van der Waals surface area (Å²) in [5.74, 6) is 0. The Balaban J connectivity index is 2.73. The van der Waals surface area contributed by atoms with Crippen LogP contribution in [0.25, 0.3) is 0 Å². The van der Waals surface area contributed by atoms with Gasteiger partial charge in [0.05, 0.1) is 12.5 Å². The highest BCUT2D eigenvalue weighted by Gasteiger charge is 2.04. The molecule has 0 aliphatic heterocycles. The number of halogens is 2.